The van der Waals surface area contributed by atoms with Crippen molar-refractivity contribution in [2.45, 2.75) is 60.7 Å². The topological polar surface area (TPSA) is 115 Å². The lowest BCUT2D eigenvalue weighted by atomic mass is 10.0. The maximum atomic E-state index is 14.2. The van der Waals surface area contributed by atoms with Crippen LogP contribution in [0, 0.1) is 0 Å². The number of nitrogens with one attached hydrogen (secondary N) is 1. The number of rotatable bonds is 14. The molecule has 13 heteroatoms. The molecule has 0 atom stereocenters. The van der Waals surface area contributed by atoms with Crippen LogP contribution in [0.2, 0.25) is 0 Å². The highest BCUT2D eigenvalue weighted by atomic mass is 19.4. The molecule has 1 aromatic carbocycles. The van der Waals surface area contributed by atoms with Crippen LogP contribution < -0.4 is 20.3 Å². The summed E-state index contributed by atoms with van der Waals surface area (Å²) in [6.07, 6.45) is -0.127. The van der Waals surface area contributed by atoms with E-state index < -0.39 is 28.8 Å². The molecule has 0 saturated heterocycles. The van der Waals surface area contributed by atoms with E-state index in [1.165, 1.54) is 56.9 Å². The minimum absolute atomic E-state index is 0.0627. The number of anilines is 1. The Balaban J connectivity index is 3.06. The largest absolute Gasteiger partial charge is 0.497 e. The van der Waals surface area contributed by atoms with Crippen LogP contribution in [0.3, 0.4) is 0 Å². The summed E-state index contributed by atoms with van der Waals surface area (Å²) in [6.45, 7) is 10.1. The van der Waals surface area contributed by atoms with Gasteiger partial charge in [-0.1, -0.05) is 24.1 Å². The molecule has 1 heterocycles. The highest BCUT2D eigenvalue weighted by Gasteiger charge is 2.34. The number of carbonyl (C=O) groups is 1. The van der Waals surface area contributed by atoms with Crippen molar-refractivity contribution in [3.05, 3.63) is 92.3 Å². The molecule has 10 nitrogen and oxygen atoms in total. The van der Waals surface area contributed by atoms with Crippen molar-refractivity contribution in [1.29, 1.82) is 0 Å². The van der Waals surface area contributed by atoms with E-state index in [-0.39, 0.29) is 36.7 Å². The van der Waals surface area contributed by atoms with Crippen molar-refractivity contribution in [3.63, 3.8) is 0 Å². The van der Waals surface area contributed by atoms with Gasteiger partial charge in [-0.15, -0.1) is 0 Å². The van der Waals surface area contributed by atoms with Gasteiger partial charge < -0.3 is 34.1 Å². The molecule has 0 bridgehead atoms. The summed E-state index contributed by atoms with van der Waals surface area (Å²) in [5.74, 6) is 0.104. The minimum Gasteiger partial charge on any atom is -0.497 e. The molecule has 0 amide bonds. The second kappa shape index (κ2) is 17.4. The normalized spacial score (nSPS) is 13.4. The second-order valence-electron chi connectivity index (χ2n) is 11.2. The fourth-order valence-electron chi connectivity index (χ4n) is 4.56. The zero-order chi connectivity index (χ0) is 36.3. The lowest BCUT2D eigenvalue weighted by molar-refractivity contribution is -0.0892. The van der Waals surface area contributed by atoms with E-state index in [1.54, 1.807) is 45.2 Å². The Kier molecular flexibility index (Phi) is 14.3. The number of ether oxygens (including phenoxy) is 3. The third-order valence-corrected chi connectivity index (χ3v) is 7.28. The maximum Gasteiger partial charge on any atom is 0.416 e. The number of halogens is 3. The van der Waals surface area contributed by atoms with E-state index in [0.29, 0.717) is 34.2 Å². The van der Waals surface area contributed by atoms with Gasteiger partial charge in [0.05, 0.1) is 26.4 Å². The summed E-state index contributed by atoms with van der Waals surface area (Å²) < 4.78 is 59.6. The highest BCUT2D eigenvalue weighted by Crippen LogP contribution is 2.34. The molecule has 0 aliphatic rings. The number of hydrogen-bond donors (Lipinski definition) is 2. The SMILES string of the molecule is CC/C(C)=C(/C=C(/C)N(C)C(/N=C(\C)Nc1cc(OC)cc(OC)c1)=C(/C=C(C)C)c1cc(C(=O)O)c(=O)n(CCOC)c1)C(F)(F)F. The first-order valence-electron chi connectivity index (χ1n) is 15.1. The molecule has 262 valence electrons. The molecule has 0 radical (unpaired) electrons. The molecule has 0 saturated carbocycles. The molecule has 1 aromatic heterocycles. The fraction of sp³-hybridized carbons (Fsp3) is 0.400. The number of benzene rings is 1. The van der Waals surface area contributed by atoms with E-state index in [1.807, 2.05) is 13.8 Å². The van der Waals surface area contributed by atoms with Crippen LogP contribution in [0.1, 0.15) is 63.9 Å². The highest BCUT2D eigenvalue weighted by molar-refractivity contribution is 5.96. The lowest BCUT2D eigenvalue weighted by Crippen LogP contribution is -2.28. The molecule has 0 spiro atoms. The quantitative estimate of drug-likeness (QED) is 0.120. The van der Waals surface area contributed by atoms with E-state index in [4.69, 9.17) is 19.2 Å². The Morgan fingerprint density at radius 2 is 1.62 bits per heavy atom. The summed E-state index contributed by atoms with van der Waals surface area (Å²) in [5.41, 5.74) is 0.372. The Bertz CT molecular complexity index is 1670. The fourth-order valence-corrected chi connectivity index (χ4v) is 4.56. The van der Waals surface area contributed by atoms with E-state index in [9.17, 15) is 27.9 Å². The van der Waals surface area contributed by atoms with E-state index in [2.05, 4.69) is 5.32 Å². The molecular formula is C35H45F3N4O6. The standard InChI is InChI=1S/C35H45F3N4O6/c1-11-22(4)31(35(36,37)38)15-23(5)41(7)32(40-24(6)39-26-17-27(47-9)19-28(18-26)48-10)29(14-21(2)3)25-16-30(34(44)45)33(43)42(20-25)12-13-46-8/h14-20H,11-13H2,1-10H3,(H,39,40)(H,44,45)/b23-15-,31-22-,32-29-. The first kappa shape index (κ1) is 39.4. The van der Waals surface area contributed by atoms with E-state index >= 15 is 0 Å². The molecule has 48 heavy (non-hydrogen) atoms. The number of nitrogens with zero attached hydrogens (tertiary/aromatic N) is 3. The van der Waals surface area contributed by atoms with Crippen LogP contribution in [-0.4, -0.2) is 67.5 Å². The zero-order valence-electron chi connectivity index (χ0n) is 29.1. The molecule has 0 fully saturated rings. The van der Waals surface area contributed by atoms with Crippen molar-refractivity contribution < 1.29 is 37.3 Å². The van der Waals surface area contributed by atoms with Crippen molar-refractivity contribution in [3.8, 4) is 11.5 Å². The van der Waals surface area contributed by atoms with Gasteiger partial charge in [-0.3, -0.25) is 4.79 Å². The molecule has 2 aromatic rings. The minimum atomic E-state index is -4.60. The van der Waals surface area contributed by atoms with Crippen molar-refractivity contribution >= 4 is 23.1 Å². The number of pyridine rings is 1. The summed E-state index contributed by atoms with van der Waals surface area (Å²) in [5, 5.41) is 13.1. The number of aliphatic imine (C=N–C) groups is 1. The molecular weight excluding hydrogens is 629 g/mol. The number of allylic oxidation sites excluding steroid dienone is 7. The summed E-state index contributed by atoms with van der Waals surface area (Å²) in [6, 6.07) is 6.37. The maximum absolute atomic E-state index is 14.2. The number of amidine groups is 1. The van der Waals surface area contributed by atoms with Crippen LogP contribution >= 0.6 is 0 Å². The number of hydrogen-bond acceptors (Lipinski definition) is 7. The van der Waals surface area contributed by atoms with Gasteiger partial charge in [0.15, 0.2) is 0 Å². The zero-order valence-corrected chi connectivity index (χ0v) is 29.1. The number of carboxylic acids is 1. The predicted molar refractivity (Wildman–Crippen MR) is 183 cm³/mol. The van der Waals surface area contributed by atoms with E-state index in [0.717, 1.165) is 11.6 Å². The van der Waals surface area contributed by atoms with Crippen LogP contribution in [0.5, 0.6) is 11.5 Å². The number of alkyl halides is 3. The van der Waals surface area contributed by atoms with Crippen molar-refractivity contribution in [2.75, 3.05) is 40.3 Å². The first-order chi connectivity index (χ1) is 22.5. The molecule has 2 rings (SSSR count). The molecule has 2 N–H and O–H groups in total. The smallest absolute Gasteiger partial charge is 0.416 e. The summed E-state index contributed by atoms with van der Waals surface area (Å²) >= 11 is 0. The Hall–Kier alpha value is -4.78. The summed E-state index contributed by atoms with van der Waals surface area (Å²) in [4.78, 5) is 31.5. The van der Waals surface area contributed by atoms with Crippen LogP contribution in [0.25, 0.3) is 5.57 Å². The van der Waals surface area contributed by atoms with Gasteiger partial charge in [-0.2, -0.15) is 13.2 Å². The number of aromatic nitrogens is 1. The van der Waals surface area contributed by atoms with Gasteiger partial charge in [0.25, 0.3) is 5.56 Å². The van der Waals surface area contributed by atoms with Crippen LogP contribution in [0.4, 0.5) is 18.9 Å². The summed E-state index contributed by atoms with van der Waals surface area (Å²) in [7, 11) is 6.05. The average Bonchev–Trinajstić information content (AvgIpc) is 3.02. The average molecular weight is 675 g/mol. The second-order valence-corrected chi connectivity index (χ2v) is 11.2. The molecule has 0 aliphatic heterocycles. The van der Waals surface area contributed by atoms with Crippen molar-refractivity contribution in [1.82, 2.24) is 9.47 Å². The van der Waals surface area contributed by atoms with Crippen molar-refractivity contribution in [2.24, 2.45) is 4.99 Å². The Morgan fingerprint density at radius 3 is 2.10 bits per heavy atom. The van der Waals surface area contributed by atoms with Gasteiger partial charge in [0.1, 0.15) is 28.7 Å². The predicted octanol–water partition coefficient (Wildman–Crippen LogP) is 7.50. The van der Waals surface area contributed by atoms with Crippen LogP contribution in [-0.2, 0) is 11.3 Å². The molecule has 0 aliphatic carbocycles. The van der Waals surface area contributed by atoms with Gasteiger partial charge in [0.2, 0.25) is 0 Å². The number of methoxy groups -OCH3 is 3. The third kappa shape index (κ3) is 10.6. The molecule has 0 unspecified atom stereocenters. The Labute approximate surface area is 279 Å². The first-order valence-corrected chi connectivity index (χ1v) is 15.1. The van der Waals surface area contributed by atoms with Gasteiger partial charge in [0, 0.05) is 67.6 Å². The van der Waals surface area contributed by atoms with Gasteiger partial charge in [-0.05, 0) is 53.2 Å². The Morgan fingerprint density at radius 1 is 1.02 bits per heavy atom. The number of carboxylic acid groups (broad SMARTS) is 1. The number of aromatic carboxylic acids is 1. The monoisotopic (exact) mass is 674 g/mol. The van der Waals surface area contributed by atoms with Gasteiger partial charge in [-0.25, -0.2) is 9.79 Å². The third-order valence-electron chi connectivity index (χ3n) is 7.28. The van der Waals surface area contributed by atoms with Gasteiger partial charge >= 0.3 is 12.1 Å². The van der Waals surface area contributed by atoms with Crippen LogP contribution in [0.15, 0.2) is 80.6 Å². The lowest BCUT2D eigenvalue weighted by Gasteiger charge is -2.25.